The molecule has 1 unspecified atom stereocenters. The van der Waals surface area contributed by atoms with E-state index in [2.05, 4.69) is 22.3 Å². The predicted octanol–water partition coefficient (Wildman–Crippen LogP) is 3.71. The molecule has 2 saturated heterocycles. The molecule has 6 heteroatoms. The molecule has 1 aromatic rings. The zero-order chi connectivity index (χ0) is 21.0. The van der Waals surface area contributed by atoms with Crippen molar-refractivity contribution in [2.24, 2.45) is 11.3 Å². The monoisotopic (exact) mass is 419 g/mol. The lowest BCUT2D eigenvalue weighted by Crippen LogP contribution is -2.51. The van der Waals surface area contributed by atoms with Crippen LogP contribution >= 0.6 is 11.6 Å². The van der Waals surface area contributed by atoms with Crippen LogP contribution in [-0.4, -0.2) is 53.8 Å². The number of likely N-dealkylation sites (tertiary alicyclic amines) is 2. The Kier molecular flexibility index (Phi) is 7.23. The van der Waals surface area contributed by atoms with E-state index in [-0.39, 0.29) is 23.8 Å². The van der Waals surface area contributed by atoms with Gasteiger partial charge in [-0.1, -0.05) is 44.5 Å². The fourth-order valence-electron chi connectivity index (χ4n) is 4.25. The summed E-state index contributed by atoms with van der Waals surface area (Å²) in [6.45, 7) is 10.0. The lowest BCUT2D eigenvalue weighted by Gasteiger charge is -2.37. The van der Waals surface area contributed by atoms with Crippen LogP contribution < -0.4 is 5.32 Å². The number of nitrogens with one attached hydrogen (secondary N) is 1. The maximum Gasteiger partial charge on any atom is 0.227 e. The smallest absolute Gasteiger partial charge is 0.227 e. The highest BCUT2D eigenvalue weighted by Gasteiger charge is 2.34. The molecule has 2 aliphatic rings. The van der Waals surface area contributed by atoms with Gasteiger partial charge in [0.15, 0.2) is 0 Å². The second kappa shape index (κ2) is 9.48. The van der Waals surface area contributed by atoms with Crippen molar-refractivity contribution in [3.63, 3.8) is 0 Å². The first-order valence-electron chi connectivity index (χ1n) is 10.8. The average Bonchev–Trinajstić information content (AvgIpc) is 2.70. The van der Waals surface area contributed by atoms with Crippen molar-refractivity contribution in [2.45, 2.75) is 59.0 Å². The van der Waals surface area contributed by atoms with Crippen molar-refractivity contribution in [1.82, 2.24) is 15.1 Å². The molecule has 3 rings (SSSR count). The topological polar surface area (TPSA) is 52.7 Å². The van der Waals surface area contributed by atoms with Crippen LogP contribution in [0.15, 0.2) is 24.3 Å². The van der Waals surface area contributed by atoms with E-state index < -0.39 is 5.41 Å². The Bertz CT molecular complexity index is 706. The zero-order valence-electron chi connectivity index (χ0n) is 17.9. The van der Waals surface area contributed by atoms with Gasteiger partial charge in [-0.3, -0.25) is 14.5 Å². The van der Waals surface area contributed by atoms with Gasteiger partial charge in [-0.25, -0.2) is 0 Å². The molecule has 1 atom stereocenters. The van der Waals surface area contributed by atoms with Gasteiger partial charge >= 0.3 is 0 Å². The number of hydrogen-bond acceptors (Lipinski definition) is 3. The Morgan fingerprint density at radius 1 is 1.07 bits per heavy atom. The summed E-state index contributed by atoms with van der Waals surface area (Å²) in [6.07, 6.45) is 3.71. The molecule has 5 nitrogen and oxygen atoms in total. The van der Waals surface area contributed by atoms with Crippen molar-refractivity contribution in [1.29, 1.82) is 0 Å². The minimum absolute atomic E-state index is 0.0813. The second-order valence-corrected chi connectivity index (χ2v) is 9.96. The summed E-state index contributed by atoms with van der Waals surface area (Å²) in [5, 5.41) is 4.02. The summed E-state index contributed by atoms with van der Waals surface area (Å²) in [7, 11) is 0. The summed E-state index contributed by atoms with van der Waals surface area (Å²) in [5.74, 6) is 0.181. The Balaban J connectivity index is 1.44. The van der Waals surface area contributed by atoms with Gasteiger partial charge in [0.25, 0.3) is 0 Å². The minimum Gasteiger partial charge on any atom is -0.353 e. The number of carbonyl (C=O) groups is 2. The number of piperidine rings is 2. The molecule has 2 heterocycles. The van der Waals surface area contributed by atoms with E-state index in [0.717, 1.165) is 56.9 Å². The summed E-state index contributed by atoms with van der Waals surface area (Å²) >= 11 is 5.96. The maximum absolute atomic E-state index is 12.8. The first-order chi connectivity index (χ1) is 13.7. The number of rotatable bonds is 4. The SMILES string of the molecule is CC(C)(C)C(=O)N1CCCC(C(=O)NC2CCN(Cc3ccc(Cl)cc3)CC2)C1. The highest BCUT2D eigenvalue weighted by molar-refractivity contribution is 6.30. The number of amides is 2. The molecule has 2 amide bonds. The lowest BCUT2D eigenvalue weighted by atomic mass is 9.90. The molecular weight excluding hydrogens is 386 g/mol. The zero-order valence-corrected chi connectivity index (χ0v) is 18.7. The van der Waals surface area contributed by atoms with Crippen LogP contribution in [0.5, 0.6) is 0 Å². The molecule has 2 aliphatic heterocycles. The molecule has 0 saturated carbocycles. The molecule has 0 aliphatic carbocycles. The van der Waals surface area contributed by atoms with E-state index in [4.69, 9.17) is 11.6 Å². The van der Waals surface area contributed by atoms with Crippen molar-refractivity contribution in [2.75, 3.05) is 26.2 Å². The summed E-state index contributed by atoms with van der Waals surface area (Å²) < 4.78 is 0. The Morgan fingerprint density at radius 3 is 2.34 bits per heavy atom. The van der Waals surface area contributed by atoms with E-state index in [9.17, 15) is 9.59 Å². The number of carbonyl (C=O) groups excluding carboxylic acids is 2. The first-order valence-corrected chi connectivity index (χ1v) is 11.2. The van der Waals surface area contributed by atoms with Gasteiger partial charge in [0.1, 0.15) is 0 Å². The number of nitrogens with zero attached hydrogens (tertiary/aromatic N) is 2. The van der Waals surface area contributed by atoms with Gasteiger partial charge in [-0.15, -0.1) is 0 Å². The van der Waals surface area contributed by atoms with Crippen molar-refractivity contribution in [3.8, 4) is 0 Å². The van der Waals surface area contributed by atoms with Gasteiger partial charge in [0, 0.05) is 49.2 Å². The molecule has 0 aromatic heterocycles. The Labute approximate surface area is 179 Å². The van der Waals surface area contributed by atoms with Crippen molar-refractivity contribution in [3.05, 3.63) is 34.9 Å². The molecule has 1 aromatic carbocycles. The van der Waals surface area contributed by atoms with Crippen LogP contribution in [0.2, 0.25) is 5.02 Å². The minimum atomic E-state index is -0.394. The molecule has 2 fully saturated rings. The summed E-state index contributed by atoms with van der Waals surface area (Å²) in [6, 6.07) is 8.25. The van der Waals surface area contributed by atoms with Gasteiger partial charge in [-0.2, -0.15) is 0 Å². The molecule has 160 valence electrons. The largest absolute Gasteiger partial charge is 0.353 e. The normalized spacial score (nSPS) is 21.8. The molecular formula is C23H34ClN3O2. The van der Waals surface area contributed by atoms with Gasteiger partial charge < -0.3 is 10.2 Å². The number of hydrogen-bond donors (Lipinski definition) is 1. The second-order valence-electron chi connectivity index (χ2n) is 9.53. The Morgan fingerprint density at radius 2 is 1.72 bits per heavy atom. The molecule has 1 N–H and O–H groups in total. The Hall–Kier alpha value is -1.59. The first kappa shape index (κ1) is 22.1. The van der Waals surface area contributed by atoms with Gasteiger partial charge in [0.05, 0.1) is 5.92 Å². The maximum atomic E-state index is 12.8. The van der Waals surface area contributed by atoms with E-state index >= 15 is 0 Å². The molecule has 0 spiro atoms. The highest BCUT2D eigenvalue weighted by Crippen LogP contribution is 2.24. The highest BCUT2D eigenvalue weighted by atomic mass is 35.5. The number of halogens is 1. The fourth-order valence-corrected chi connectivity index (χ4v) is 4.38. The van der Waals surface area contributed by atoms with Crippen LogP contribution in [0.25, 0.3) is 0 Å². The van der Waals surface area contributed by atoms with Crippen molar-refractivity contribution >= 4 is 23.4 Å². The molecule has 0 radical (unpaired) electrons. The van der Waals surface area contributed by atoms with Crippen LogP contribution in [0.3, 0.4) is 0 Å². The predicted molar refractivity (Wildman–Crippen MR) is 117 cm³/mol. The van der Waals surface area contributed by atoms with Crippen LogP contribution in [0.1, 0.15) is 52.0 Å². The summed E-state index contributed by atoms with van der Waals surface area (Å²) in [5.41, 5.74) is 0.873. The van der Waals surface area contributed by atoms with Gasteiger partial charge in [0.2, 0.25) is 11.8 Å². The van der Waals surface area contributed by atoms with Crippen molar-refractivity contribution < 1.29 is 9.59 Å². The van der Waals surface area contributed by atoms with E-state index in [0.29, 0.717) is 6.54 Å². The van der Waals surface area contributed by atoms with Gasteiger partial charge in [-0.05, 0) is 43.4 Å². The third-order valence-corrected chi connectivity index (χ3v) is 6.23. The van der Waals surface area contributed by atoms with E-state index in [1.165, 1.54) is 5.56 Å². The molecule has 0 bridgehead atoms. The van der Waals surface area contributed by atoms with E-state index in [1.54, 1.807) is 0 Å². The van der Waals surface area contributed by atoms with Crippen LogP contribution in [0.4, 0.5) is 0 Å². The standard InChI is InChI=1S/C23H34ClN3O2/c1-23(2,3)22(29)27-12-4-5-18(16-27)21(28)25-20-10-13-26(14-11-20)15-17-6-8-19(24)9-7-17/h6-9,18,20H,4-5,10-16H2,1-3H3,(H,25,28). The quantitative estimate of drug-likeness (QED) is 0.809. The molecule has 29 heavy (non-hydrogen) atoms. The van der Waals surface area contributed by atoms with E-state index in [1.807, 2.05) is 37.8 Å². The number of benzene rings is 1. The third-order valence-electron chi connectivity index (χ3n) is 5.97. The van der Waals surface area contributed by atoms with Crippen LogP contribution in [0, 0.1) is 11.3 Å². The van der Waals surface area contributed by atoms with Crippen LogP contribution in [-0.2, 0) is 16.1 Å². The third kappa shape index (κ3) is 6.19. The average molecular weight is 420 g/mol. The fraction of sp³-hybridized carbons (Fsp3) is 0.652. The summed E-state index contributed by atoms with van der Waals surface area (Å²) in [4.78, 5) is 29.7. The lowest BCUT2D eigenvalue weighted by molar-refractivity contribution is -0.143.